The van der Waals surface area contributed by atoms with Crippen molar-refractivity contribution in [2.75, 3.05) is 11.1 Å². The van der Waals surface area contributed by atoms with Crippen LogP contribution in [0.25, 0.3) is 0 Å². The van der Waals surface area contributed by atoms with Crippen molar-refractivity contribution >= 4 is 54.7 Å². The van der Waals surface area contributed by atoms with Crippen LogP contribution in [0.2, 0.25) is 0 Å². The number of aryl methyl sites for hydroxylation is 1. The standard InChI is InChI=1S/C21H15BrN2O5S.Na/c1-10-6-7-14(16(8-10)30(27,28)29)24-15-9-13(22)19(23)18-17(15)20(25)11-4-2-3-5-12(11)21(18)26;/h2-9,24H,23H2,1H3,(H,27,28,29);/q;+1/p-1. The first-order valence-electron chi connectivity index (χ1n) is 8.73. The minimum absolute atomic E-state index is 0. The van der Waals surface area contributed by atoms with E-state index in [0.717, 1.165) is 0 Å². The average molecular weight is 509 g/mol. The number of benzene rings is 3. The number of halogens is 1. The largest absolute Gasteiger partial charge is 1.00 e. The summed E-state index contributed by atoms with van der Waals surface area (Å²) in [5, 5.41) is 2.85. The normalized spacial score (nSPS) is 12.6. The van der Waals surface area contributed by atoms with Crippen LogP contribution >= 0.6 is 15.9 Å². The Morgan fingerprint density at radius 2 is 1.52 bits per heavy atom. The molecule has 0 spiro atoms. The molecule has 0 heterocycles. The van der Waals surface area contributed by atoms with Crippen molar-refractivity contribution < 1.29 is 52.1 Å². The van der Waals surface area contributed by atoms with Gasteiger partial charge in [0, 0.05) is 15.6 Å². The van der Waals surface area contributed by atoms with Crippen molar-refractivity contribution in [2.45, 2.75) is 11.8 Å². The molecule has 0 radical (unpaired) electrons. The van der Waals surface area contributed by atoms with Gasteiger partial charge in [0.1, 0.15) is 10.1 Å². The second-order valence-corrected chi connectivity index (χ2v) is 9.05. The van der Waals surface area contributed by atoms with Gasteiger partial charge < -0.3 is 15.6 Å². The van der Waals surface area contributed by atoms with E-state index in [1.54, 1.807) is 37.3 Å². The molecular weight excluding hydrogens is 495 g/mol. The van der Waals surface area contributed by atoms with E-state index in [2.05, 4.69) is 21.2 Å². The second-order valence-electron chi connectivity index (χ2n) is 6.85. The molecule has 0 fully saturated rings. The van der Waals surface area contributed by atoms with Gasteiger partial charge in [0.25, 0.3) is 0 Å². The molecule has 0 saturated carbocycles. The Labute approximate surface area is 209 Å². The minimum atomic E-state index is -4.79. The molecule has 1 aliphatic rings. The van der Waals surface area contributed by atoms with Gasteiger partial charge in [-0.15, -0.1) is 0 Å². The van der Waals surface area contributed by atoms with E-state index < -0.39 is 26.6 Å². The van der Waals surface area contributed by atoms with Crippen LogP contribution in [0, 0.1) is 6.92 Å². The maximum absolute atomic E-state index is 13.2. The van der Waals surface area contributed by atoms with Gasteiger partial charge in [-0.25, -0.2) is 8.42 Å². The monoisotopic (exact) mass is 508 g/mol. The number of fused-ring (bicyclic) bond motifs is 2. The van der Waals surface area contributed by atoms with Gasteiger partial charge in [-0.05, 0) is 46.6 Å². The molecule has 152 valence electrons. The Hall–Kier alpha value is -2.01. The van der Waals surface area contributed by atoms with Crippen molar-refractivity contribution in [3.63, 3.8) is 0 Å². The summed E-state index contributed by atoms with van der Waals surface area (Å²) in [6.45, 7) is 1.65. The van der Waals surface area contributed by atoms with Crippen LogP contribution in [0.3, 0.4) is 0 Å². The summed E-state index contributed by atoms with van der Waals surface area (Å²) in [5.74, 6) is -0.844. The van der Waals surface area contributed by atoms with Crippen LogP contribution in [0.5, 0.6) is 0 Å². The van der Waals surface area contributed by atoms with E-state index in [0.29, 0.717) is 10.0 Å². The Morgan fingerprint density at radius 3 is 2.10 bits per heavy atom. The zero-order chi connectivity index (χ0) is 21.8. The number of carbonyl (C=O) groups is 2. The number of ketones is 2. The van der Waals surface area contributed by atoms with Crippen LogP contribution in [-0.4, -0.2) is 24.5 Å². The summed E-state index contributed by atoms with van der Waals surface area (Å²) in [5.41, 5.74) is 7.44. The van der Waals surface area contributed by atoms with E-state index in [4.69, 9.17) is 5.73 Å². The topological polar surface area (TPSA) is 129 Å². The SMILES string of the molecule is Cc1ccc(Nc2cc(Br)c(N)c3c2C(=O)c2ccccc2C3=O)c(S(=O)(=O)[O-])c1.[Na+]. The smallest absolute Gasteiger partial charge is 0.744 e. The third-order valence-corrected chi connectivity index (χ3v) is 6.40. The first kappa shape index (κ1) is 23.6. The Balaban J connectivity index is 0.00000272. The summed E-state index contributed by atoms with van der Waals surface area (Å²) < 4.78 is 35.6. The summed E-state index contributed by atoms with van der Waals surface area (Å²) in [6.07, 6.45) is 0. The molecule has 3 N–H and O–H groups in total. The number of rotatable bonds is 3. The number of nitrogens with two attached hydrogens (primary N) is 1. The van der Waals surface area contributed by atoms with Crippen molar-refractivity contribution in [3.8, 4) is 0 Å². The Bertz CT molecular complexity index is 1370. The van der Waals surface area contributed by atoms with Gasteiger partial charge in [-0.3, -0.25) is 9.59 Å². The molecule has 3 aromatic rings. The summed E-state index contributed by atoms with van der Waals surface area (Å²) in [6, 6.07) is 12.2. The van der Waals surface area contributed by atoms with E-state index in [1.807, 2.05) is 0 Å². The zero-order valence-corrected chi connectivity index (χ0v) is 20.9. The maximum atomic E-state index is 13.2. The fourth-order valence-corrected chi connectivity index (χ4v) is 4.61. The van der Waals surface area contributed by atoms with Gasteiger partial charge in [0.2, 0.25) is 0 Å². The molecule has 10 heteroatoms. The molecule has 0 aromatic heterocycles. The average Bonchev–Trinajstić information content (AvgIpc) is 2.69. The number of nitrogens with one attached hydrogen (secondary N) is 1. The second kappa shape index (κ2) is 8.50. The fraction of sp³-hybridized carbons (Fsp3) is 0.0476. The van der Waals surface area contributed by atoms with E-state index in [9.17, 15) is 22.6 Å². The molecule has 3 aromatic carbocycles. The maximum Gasteiger partial charge on any atom is 1.00 e. The van der Waals surface area contributed by atoms with Gasteiger partial charge in [0.15, 0.2) is 11.6 Å². The zero-order valence-electron chi connectivity index (χ0n) is 16.5. The van der Waals surface area contributed by atoms with Crippen molar-refractivity contribution in [1.29, 1.82) is 0 Å². The van der Waals surface area contributed by atoms with Gasteiger partial charge in [0.05, 0.1) is 33.1 Å². The van der Waals surface area contributed by atoms with E-state index >= 15 is 0 Å². The molecule has 31 heavy (non-hydrogen) atoms. The molecule has 7 nitrogen and oxygen atoms in total. The predicted octanol–water partition coefficient (Wildman–Crippen LogP) is 0.767. The predicted molar refractivity (Wildman–Crippen MR) is 114 cm³/mol. The minimum Gasteiger partial charge on any atom is -0.744 e. The molecule has 0 amide bonds. The van der Waals surface area contributed by atoms with Crippen LogP contribution in [0.15, 0.2) is 57.9 Å². The van der Waals surface area contributed by atoms with Gasteiger partial charge >= 0.3 is 29.6 Å². The fourth-order valence-electron chi connectivity index (χ4n) is 3.47. The molecular formula is C21H14BrN2NaO5S. The van der Waals surface area contributed by atoms with Gasteiger partial charge in [-0.1, -0.05) is 30.3 Å². The van der Waals surface area contributed by atoms with Crippen LogP contribution < -0.4 is 40.6 Å². The van der Waals surface area contributed by atoms with Gasteiger partial charge in [-0.2, -0.15) is 0 Å². The van der Waals surface area contributed by atoms with Crippen LogP contribution in [0.4, 0.5) is 17.1 Å². The van der Waals surface area contributed by atoms with Crippen LogP contribution in [-0.2, 0) is 10.1 Å². The number of anilines is 3. The quantitative estimate of drug-likeness (QED) is 0.237. The molecule has 0 saturated heterocycles. The summed E-state index contributed by atoms with van der Waals surface area (Å²) >= 11 is 3.29. The number of carbonyl (C=O) groups excluding carboxylic acids is 2. The third-order valence-electron chi connectivity index (χ3n) is 4.86. The summed E-state index contributed by atoms with van der Waals surface area (Å²) in [7, 11) is -4.79. The first-order valence-corrected chi connectivity index (χ1v) is 10.9. The Morgan fingerprint density at radius 1 is 0.935 bits per heavy atom. The summed E-state index contributed by atoms with van der Waals surface area (Å²) in [4.78, 5) is 25.8. The molecule has 0 bridgehead atoms. The van der Waals surface area contributed by atoms with E-state index in [-0.39, 0.29) is 68.9 Å². The Kier molecular flexibility index (Phi) is 6.48. The number of nitrogen functional groups attached to an aromatic ring is 1. The molecule has 0 aliphatic heterocycles. The van der Waals surface area contributed by atoms with E-state index in [1.165, 1.54) is 18.2 Å². The van der Waals surface area contributed by atoms with Crippen molar-refractivity contribution in [1.82, 2.24) is 0 Å². The molecule has 0 atom stereocenters. The first-order chi connectivity index (χ1) is 14.1. The molecule has 1 aliphatic carbocycles. The number of hydrogen-bond acceptors (Lipinski definition) is 7. The molecule has 4 rings (SSSR count). The third kappa shape index (κ3) is 4.09. The number of hydrogen-bond donors (Lipinski definition) is 2. The van der Waals surface area contributed by atoms with Crippen molar-refractivity contribution in [2.24, 2.45) is 0 Å². The van der Waals surface area contributed by atoms with Crippen LogP contribution in [0.1, 0.15) is 37.4 Å². The van der Waals surface area contributed by atoms with Crippen molar-refractivity contribution in [3.05, 3.63) is 80.8 Å². The molecule has 0 unspecified atom stereocenters.